The number of aryl methyl sites for hydroxylation is 2. The molecule has 0 radical (unpaired) electrons. The Morgan fingerprint density at radius 3 is 2.65 bits per heavy atom. The van der Waals surface area contributed by atoms with Gasteiger partial charge in [0.1, 0.15) is 5.75 Å². The molecule has 1 N–H and O–H groups in total. The molecular formula is C14H19NO2. The first-order chi connectivity index (χ1) is 8.11. The molecule has 0 aliphatic heterocycles. The highest BCUT2D eigenvalue weighted by Gasteiger charge is 2.22. The van der Waals surface area contributed by atoms with Crippen LogP contribution < -0.4 is 10.1 Å². The summed E-state index contributed by atoms with van der Waals surface area (Å²) in [5.41, 5.74) is 2.79. The minimum atomic E-state index is 0.167. The molecule has 3 nitrogen and oxygen atoms in total. The van der Waals surface area contributed by atoms with E-state index < -0.39 is 0 Å². The Bertz CT molecular complexity index is 436. The summed E-state index contributed by atoms with van der Waals surface area (Å²) in [5, 5.41) is 3.25. The van der Waals surface area contributed by atoms with Gasteiger partial charge < -0.3 is 10.1 Å². The number of rotatable bonds is 5. The van der Waals surface area contributed by atoms with E-state index in [1.807, 2.05) is 26.0 Å². The van der Waals surface area contributed by atoms with Crippen molar-refractivity contribution in [2.75, 3.05) is 13.7 Å². The number of hydrogen-bond acceptors (Lipinski definition) is 3. The zero-order valence-electron chi connectivity index (χ0n) is 10.7. The van der Waals surface area contributed by atoms with Crippen molar-refractivity contribution in [3.05, 3.63) is 28.8 Å². The van der Waals surface area contributed by atoms with E-state index in [4.69, 9.17) is 4.74 Å². The van der Waals surface area contributed by atoms with Crippen LogP contribution in [0.15, 0.2) is 12.1 Å². The third-order valence-electron chi connectivity index (χ3n) is 3.17. The molecule has 0 spiro atoms. The van der Waals surface area contributed by atoms with E-state index in [2.05, 4.69) is 5.32 Å². The van der Waals surface area contributed by atoms with Gasteiger partial charge in [-0.05, 0) is 49.9 Å². The molecule has 0 unspecified atom stereocenters. The number of ketones is 1. The molecule has 2 rings (SSSR count). The van der Waals surface area contributed by atoms with Gasteiger partial charge in [0.25, 0.3) is 0 Å². The van der Waals surface area contributed by atoms with Gasteiger partial charge in [0, 0.05) is 11.6 Å². The summed E-state index contributed by atoms with van der Waals surface area (Å²) in [6, 6.07) is 4.42. The molecule has 92 valence electrons. The first-order valence-electron chi connectivity index (χ1n) is 6.03. The zero-order valence-corrected chi connectivity index (χ0v) is 10.7. The highest BCUT2D eigenvalue weighted by Crippen LogP contribution is 2.23. The topological polar surface area (TPSA) is 38.3 Å². The van der Waals surface area contributed by atoms with Gasteiger partial charge in [0.05, 0.1) is 13.7 Å². The zero-order chi connectivity index (χ0) is 12.4. The van der Waals surface area contributed by atoms with Gasteiger partial charge in [0.2, 0.25) is 0 Å². The number of nitrogens with one attached hydrogen (secondary N) is 1. The van der Waals surface area contributed by atoms with Gasteiger partial charge in [0.15, 0.2) is 5.78 Å². The minimum absolute atomic E-state index is 0.167. The van der Waals surface area contributed by atoms with Crippen molar-refractivity contribution in [2.45, 2.75) is 32.7 Å². The molecule has 1 saturated carbocycles. The average molecular weight is 233 g/mol. The fraction of sp³-hybridized carbons (Fsp3) is 0.500. The van der Waals surface area contributed by atoms with Gasteiger partial charge in [-0.2, -0.15) is 0 Å². The molecule has 1 aliphatic carbocycles. The number of benzene rings is 1. The molecule has 1 fully saturated rings. The lowest BCUT2D eigenvalue weighted by Gasteiger charge is -2.11. The van der Waals surface area contributed by atoms with Crippen LogP contribution in [0.1, 0.15) is 34.3 Å². The number of methoxy groups -OCH3 is 1. The lowest BCUT2D eigenvalue weighted by Crippen LogP contribution is -2.25. The summed E-state index contributed by atoms with van der Waals surface area (Å²) in [7, 11) is 1.65. The van der Waals surface area contributed by atoms with E-state index in [0.29, 0.717) is 12.6 Å². The fourth-order valence-corrected chi connectivity index (χ4v) is 1.93. The van der Waals surface area contributed by atoms with Crippen LogP contribution in [-0.2, 0) is 0 Å². The molecule has 1 aromatic carbocycles. The van der Waals surface area contributed by atoms with Crippen molar-refractivity contribution in [2.24, 2.45) is 0 Å². The Balaban J connectivity index is 2.13. The van der Waals surface area contributed by atoms with Crippen LogP contribution in [0.5, 0.6) is 5.75 Å². The second kappa shape index (κ2) is 4.88. The molecule has 0 heterocycles. The number of ether oxygens (including phenoxy) is 1. The van der Waals surface area contributed by atoms with Crippen molar-refractivity contribution in [1.29, 1.82) is 0 Å². The summed E-state index contributed by atoms with van der Waals surface area (Å²) < 4.78 is 5.24. The van der Waals surface area contributed by atoms with Crippen LogP contribution in [0.4, 0.5) is 0 Å². The molecule has 1 aliphatic rings. The number of hydrogen-bond donors (Lipinski definition) is 1. The van der Waals surface area contributed by atoms with Crippen LogP contribution >= 0.6 is 0 Å². The molecule has 0 bridgehead atoms. The lowest BCUT2D eigenvalue weighted by atomic mass is 10.0. The second-order valence-corrected chi connectivity index (χ2v) is 4.72. The van der Waals surface area contributed by atoms with Crippen molar-refractivity contribution >= 4 is 5.78 Å². The van der Waals surface area contributed by atoms with Gasteiger partial charge in [-0.15, -0.1) is 0 Å². The smallest absolute Gasteiger partial charge is 0.176 e. The predicted molar refractivity (Wildman–Crippen MR) is 67.8 cm³/mol. The maximum atomic E-state index is 12.0. The second-order valence-electron chi connectivity index (χ2n) is 4.72. The van der Waals surface area contributed by atoms with E-state index in [1.165, 1.54) is 12.8 Å². The summed E-state index contributed by atoms with van der Waals surface area (Å²) in [6.45, 7) is 4.35. The molecule has 3 heteroatoms. The average Bonchev–Trinajstić information content (AvgIpc) is 3.12. The molecule has 1 aromatic rings. The highest BCUT2D eigenvalue weighted by molar-refractivity contribution is 5.99. The van der Waals surface area contributed by atoms with Crippen molar-refractivity contribution in [3.63, 3.8) is 0 Å². The van der Waals surface area contributed by atoms with Gasteiger partial charge in [-0.1, -0.05) is 0 Å². The van der Waals surface area contributed by atoms with Crippen LogP contribution in [0.3, 0.4) is 0 Å². The fourth-order valence-electron chi connectivity index (χ4n) is 1.93. The predicted octanol–water partition coefficient (Wildman–Crippen LogP) is 2.25. The highest BCUT2D eigenvalue weighted by atomic mass is 16.5. The Kier molecular flexibility index (Phi) is 3.48. The molecular weight excluding hydrogens is 214 g/mol. The summed E-state index contributed by atoms with van der Waals surface area (Å²) in [6.07, 6.45) is 2.40. The van der Waals surface area contributed by atoms with E-state index >= 15 is 0 Å². The molecule has 0 amide bonds. The first kappa shape index (κ1) is 12.1. The quantitative estimate of drug-likeness (QED) is 0.793. The number of carbonyl (C=O) groups is 1. The van der Waals surface area contributed by atoms with Crippen LogP contribution in [-0.4, -0.2) is 25.5 Å². The Morgan fingerprint density at radius 2 is 2.06 bits per heavy atom. The maximum Gasteiger partial charge on any atom is 0.176 e. The SMILES string of the molecule is COc1cc(C)c(C(=O)CNC2CC2)cc1C. The molecule has 0 saturated heterocycles. The summed E-state index contributed by atoms with van der Waals surface area (Å²) in [4.78, 5) is 12.0. The molecule has 0 aromatic heterocycles. The Morgan fingerprint density at radius 1 is 1.35 bits per heavy atom. The van der Waals surface area contributed by atoms with Gasteiger partial charge in [-0.25, -0.2) is 0 Å². The van der Waals surface area contributed by atoms with Crippen LogP contribution in [0.2, 0.25) is 0 Å². The van der Waals surface area contributed by atoms with Crippen molar-refractivity contribution < 1.29 is 9.53 Å². The van der Waals surface area contributed by atoms with Gasteiger partial charge in [-0.3, -0.25) is 4.79 Å². The van der Waals surface area contributed by atoms with Gasteiger partial charge >= 0.3 is 0 Å². The normalized spacial score (nSPS) is 14.8. The monoisotopic (exact) mass is 233 g/mol. The first-order valence-corrected chi connectivity index (χ1v) is 6.03. The van der Waals surface area contributed by atoms with Crippen molar-refractivity contribution in [1.82, 2.24) is 5.32 Å². The lowest BCUT2D eigenvalue weighted by molar-refractivity contribution is 0.0990. The summed E-state index contributed by atoms with van der Waals surface area (Å²) in [5.74, 6) is 1.01. The van der Waals surface area contributed by atoms with E-state index in [1.54, 1.807) is 7.11 Å². The molecule has 0 atom stereocenters. The van der Waals surface area contributed by atoms with Crippen molar-refractivity contribution in [3.8, 4) is 5.75 Å². The molecule has 17 heavy (non-hydrogen) atoms. The Hall–Kier alpha value is -1.35. The number of Topliss-reactive ketones (excluding diaryl/α,β-unsaturated/α-hetero) is 1. The van der Waals surface area contributed by atoms with Crippen LogP contribution in [0.25, 0.3) is 0 Å². The third-order valence-corrected chi connectivity index (χ3v) is 3.17. The van der Waals surface area contributed by atoms with E-state index in [-0.39, 0.29) is 5.78 Å². The summed E-state index contributed by atoms with van der Waals surface area (Å²) >= 11 is 0. The Labute approximate surface area is 102 Å². The largest absolute Gasteiger partial charge is 0.496 e. The van der Waals surface area contributed by atoms with Crippen LogP contribution in [0, 0.1) is 13.8 Å². The standard InChI is InChI=1S/C14H19NO2/c1-9-7-14(17-3)10(2)6-12(9)13(16)8-15-11-4-5-11/h6-7,11,15H,4-5,8H2,1-3H3. The maximum absolute atomic E-state index is 12.0. The number of carbonyl (C=O) groups excluding carboxylic acids is 1. The third kappa shape index (κ3) is 2.86. The van der Waals surface area contributed by atoms with E-state index in [0.717, 1.165) is 22.4 Å². The van der Waals surface area contributed by atoms with E-state index in [9.17, 15) is 4.79 Å². The minimum Gasteiger partial charge on any atom is -0.496 e.